The van der Waals surface area contributed by atoms with E-state index in [1.807, 2.05) is 24.5 Å². The molecule has 0 bridgehead atoms. The minimum Gasteiger partial charge on any atom is -0.399 e. The first kappa shape index (κ1) is 8.88. The molecule has 2 heteroatoms. The van der Waals surface area contributed by atoms with E-state index in [9.17, 15) is 0 Å². The molecule has 0 spiro atoms. The largest absolute Gasteiger partial charge is 0.399 e. The number of H-pyrrole nitrogens is 1. The van der Waals surface area contributed by atoms with Crippen molar-refractivity contribution in [2.45, 2.75) is 12.8 Å². The van der Waals surface area contributed by atoms with Crippen molar-refractivity contribution >= 4 is 5.69 Å². The van der Waals surface area contributed by atoms with Gasteiger partial charge in [-0.25, -0.2) is 0 Å². The van der Waals surface area contributed by atoms with Crippen molar-refractivity contribution in [1.29, 1.82) is 0 Å². The third-order valence-electron chi connectivity index (χ3n) is 2.56. The average molecular weight is 186 g/mol. The van der Waals surface area contributed by atoms with Crippen LogP contribution in [0.4, 0.5) is 5.69 Å². The van der Waals surface area contributed by atoms with Crippen molar-refractivity contribution in [3.05, 3.63) is 53.9 Å². The van der Waals surface area contributed by atoms with E-state index in [-0.39, 0.29) is 0 Å². The van der Waals surface area contributed by atoms with Gasteiger partial charge in [0.25, 0.3) is 0 Å². The molecule has 0 aliphatic carbocycles. The predicted octanol–water partition coefficient (Wildman–Crippen LogP) is 2.75. The van der Waals surface area contributed by atoms with Gasteiger partial charge in [0.15, 0.2) is 0 Å². The van der Waals surface area contributed by atoms with E-state index < -0.39 is 0 Å². The zero-order valence-corrected chi connectivity index (χ0v) is 8.20. The Bertz CT molecular complexity index is 387. The van der Waals surface area contributed by atoms with Gasteiger partial charge in [0.1, 0.15) is 0 Å². The van der Waals surface area contributed by atoms with Crippen LogP contribution in [0.1, 0.15) is 24.0 Å². The Kier molecular flexibility index (Phi) is 2.27. The number of nitrogen functional groups attached to an aromatic ring is 1. The molecule has 0 radical (unpaired) electrons. The summed E-state index contributed by atoms with van der Waals surface area (Å²) in [5, 5.41) is 0. The minimum absolute atomic E-state index is 0.418. The number of benzene rings is 1. The second-order valence-corrected chi connectivity index (χ2v) is 3.53. The molecule has 1 atom stereocenters. The lowest BCUT2D eigenvalue weighted by atomic mass is 9.95. The van der Waals surface area contributed by atoms with E-state index >= 15 is 0 Å². The minimum atomic E-state index is 0.418. The van der Waals surface area contributed by atoms with Crippen LogP contribution in [0.2, 0.25) is 0 Å². The number of hydrogen-bond acceptors (Lipinski definition) is 1. The van der Waals surface area contributed by atoms with E-state index in [0.29, 0.717) is 5.92 Å². The molecule has 0 saturated heterocycles. The van der Waals surface area contributed by atoms with Crippen LogP contribution >= 0.6 is 0 Å². The maximum absolute atomic E-state index is 5.64. The summed E-state index contributed by atoms with van der Waals surface area (Å²) in [7, 11) is 0. The molecule has 1 aromatic heterocycles. The molecule has 2 rings (SSSR count). The summed E-state index contributed by atoms with van der Waals surface area (Å²) in [6, 6.07) is 10.1. The normalized spacial score (nSPS) is 12.6. The molecule has 14 heavy (non-hydrogen) atoms. The van der Waals surface area contributed by atoms with E-state index in [4.69, 9.17) is 5.73 Å². The van der Waals surface area contributed by atoms with Crippen LogP contribution in [0, 0.1) is 0 Å². The molecule has 0 saturated carbocycles. The third-order valence-corrected chi connectivity index (χ3v) is 2.56. The molecule has 0 aliphatic rings. The topological polar surface area (TPSA) is 41.8 Å². The lowest BCUT2D eigenvalue weighted by molar-refractivity contribution is 0.925. The predicted molar refractivity (Wildman–Crippen MR) is 59.2 cm³/mol. The Morgan fingerprint density at radius 1 is 1.07 bits per heavy atom. The first-order valence-electron chi connectivity index (χ1n) is 4.75. The van der Waals surface area contributed by atoms with Crippen LogP contribution in [0.3, 0.4) is 0 Å². The van der Waals surface area contributed by atoms with Crippen LogP contribution in [0.25, 0.3) is 0 Å². The lowest BCUT2D eigenvalue weighted by Crippen LogP contribution is -1.94. The SMILES string of the molecule is CC(c1ccc(N)cc1)c1cc[nH]c1. The maximum Gasteiger partial charge on any atom is 0.0314 e. The number of rotatable bonds is 2. The molecule has 72 valence electrons. The van der Waals surface area contributed by atoms with Crippen LogP contribution in [-0.4, -0.2) is 4.98 Å². The maximum atomic E-state index is 5.64. The Morgan fingerprint density at radius 3 is 2.36 bits per heavy atom. The van der Waals surface area contributed by atoms with Crippen molar-refractivity contribution in [3.8, 4) is 0 Å². The Labute approximate surface area is 83.8 Å². The van der Waals surface area contributed by atoms with Gasteiger partial charge in [-0.2, -0.15) is 0 Å². The van der Waals surface area contributed by atoms with Crippen LogP contribution in [0.5, 0.6) is 0 Å². The second kappa shape index (κ2) is 3.58. The Hall–Kier alpha value is -1.70. The molecule has 2 aromatic rings. The fourth-order valence-electron chi connectivity index (χ4n) is 1.58. The van der Waals surface area contributed by atoms with Gasteiger partial charge in [-0.15, -0.1) is 0 Å². The Balaban J connectivity index is 2.28. The number of nitrogens with two attached hydrogens (primary N) is 1. The van der Waals surface area contributed by atoms with Crippen LogP contribution in [0.15, 0.2) is 42.7 Å². The molecule has 1 aromatic carbocycles. The Morgan fingerprint density at radius 2 is 1.79 bits per heavy atom. The van der Waals surface area contributed by atoms with Crippen molar-refractivity contribution in [1.82, 2.24) is 4.98 Å². The fraction of sp³-hybridized carbons (Fsp3) is 0.167. The summed E-state index contributed by atoms with van der Waals surface area (Å²) in [4.78, 5) is 3.07. The molecule has 1 unspecified atom stereocenters. The van der Waals surface area contributed by atoms with E-state index in [1.54, 1.807) is 0 Å². The zero-order valence-electron chi connectivity index (χ0n) is 8.20. The summed E-state index contributed by atoms with van der Waals surface area (Å²) in [6.07, 6.45) is 3.98. The van der Waals surface area contributed by atoms with E-state index in [0.717, 1.165) is 5.69 Å². The molecule has 2 nitrogen and oxygen atoms in total. The highest BCUT2D eigenvalue weighted by atomic mass is 14.6. The first-order valence-corrected chi connectivity index (χ1v) is 4.75. The van der Waals surface area contributed by atoms with Crippen LogP contribution < -0.4 is 5.73 Å². The van der Waals surface area contributed by atoms with Gasteiger partial charge in [-0.1, -0.05) is 19.1 Å². The van der Waals surface area contributed by atoms with Crippen molar-refractivity contribution in [3.63, 3.8) is 0 Å². The number of aromatic amines is 1. The third kappa shape index (κ3) is 1.64. The van der Waals surface area contributed by atoms with Gasteiger partial charge in [0.2, 0.25) is 0 Å². The van der Waals surface area contributed by atoms with Crippen molar-refractivity contribution < 1.29 is 0 Å². The molecule has 0 amide bonds. The second-order valence-electron chi connectivity index (χ2n) is 3.53. The standard InChI is InChI=1S/C12H14N2/c1-9(11-6-7-14-8-11)10-2-4-12(13)5-3-10/h2-9,14H,13H2,1H3. The number of hydrogen-bond donors (Lipinski definition) is 2. The van der Waals surface area contributed by atoms with Gasteiger partial charge >= 0.3 is 0 Å². The van der Waals surface area contributed by atoms with E-state index in [2.05, 4.69) is 30.1 Å². The first-order chi connectivity index (χ1) is 6.77. The van der Waals surface area contributed by atoms with Crippen molar-refractivity contribution in [2.24, 2.45) is 0 Å². The fourth-order valence-corrected chi connectivity index (χ4v) is 1.58. The van der Waals surface area contributed by atoms with Gasteiger partial charge in [-0.05, 0) is 29.3 Å². The smallest absolute Gasteiger partial charge is 0.0314 e. The average Bonchev–Trinajstić information content (AvgIpc) is 2.71. The highest BCUT2D eigenvalue weighted by molar-refractivity contribution is 5.42. The van der Waals surface area contributed by atoms with Gasteiger partial charge in [-0.3, -0.25) is 0 Å². The van der Waals surface area contributed by atoms with Gasteiger partial charge in [0.05, 0.1) is 0 Å². The molecular formula is C12H14N2. The summed E-state index contributed by atoms with van der Waals surface area (Å²) in [5.41, 5.74) is 9.05. The molecule has 3 N–H and O–H groups in total. The molecular weight excluding hydrogens is 172 g/mol. The summed E-state index contributed by atoms with van der Waals surface area (Å²) >= 11 is 0. The highest BCUT2D eigenvalue weighted by Crippen LogP contribution is 2.23. The number of anilines is 1. The highest BCUT2D eigenvalue weighted by Gasteiger charge is 2.07. The van der Waals surface area contributed by atoms with Gasteiger partial charge in [0, 0.05) is 24.0 Å². The summed E-state index contributed by atoms with van der Waals surface area (Å²) in [5.74, 6) is 0.418. The van der Waals surface area contributed by atoms with Gasteiger partial charge < -0.3 is 10.7 Å². The zero-order chi connectivity index (χ0) is 9.97. The van der Waals surface area contributed by atoms with Crippen molar-refractivity contribution in [2.75, 3.05) is 5.73 Å². The lowest BCUT2D eigenvalue weighted by Gasteiger charge is -2.09. The quantitative estimate of drug-likeness (QED) is 0.696. The molecule has 0 aliphatic heterocycles. The van der Waals surface area contributed by atoms with Crippen LogP contribution in [-0.2, 0) is 0 Å². The number of nitrogens with one attached hydrogen (secondary N) is 1. The summed E-state index contributed by atoms with van der Waals surface area (Å²) in [6.45, 7) is 2.19. The molecule has 1 heterocycles. The summed E-state index contributed by atoms with van der Waals surface area (Å²) < 4.78 is 0. The monoisotopic (exact) mass is 186 g/mol. The van der Waals surface area contributed by atoms with E-state index in [1.165, 1.54) is 11.1 Å². The molecule has 0 fully saturated rings. The number of aromatic nitrogens is 1.